The number of benzene rings is 1. The predicted octanol–water partition coefficient (Wildman–Crippen LogP) is 2.59. The lowest BCUT2D eigenvalue weighted by molar-refractivity contribution is 0.418. The number of fused-ring (bicyclic) bond motifs is 1. The highest BCUT2D eigenvalue weighted by Gasteiger charge is 2.04. The summed E-state index contributed by atoms with van der Waals surface area (Å²) in [5.41, 5.74) is 2.08. The van der Waals surface area contributed by atoms with Gasteiger partial charge in [-0.25, -0.2) is 4.98 Å². The SMILES string of the molecule is CNc1ccc2cc(C)cc(OC)c2n1. The molecule has 0 amide bonds. The Bertz CT molecular complexity index is 494. The lowest BCUT2D eigenvalue weighted by Crippen LogP contribution is -1.94. The molecule has 3 heteroatoms. The Morgan fingerprint density at radius 2 is 2.07 bits per heavy atom. The molecule has 1 aromatic heterocycles. The molecule has 0 fully saturated rings. The summed E-state index contributed by atoms with van der Waals surface area (Å²) < 4.78 is 5.32. The van der Waals surface area contributed by atoms with Crippen molar-refractivity contribution in [3.63, 3.8) is 0 Å². The highest BCUT2D eigenvalue weighted by molar-refractivity contribution is 5.86. The standard InChI is InChI=1S/C12H14N2O/c1-8-6-9-4-5-11(13-2)14-12(9)10(7-8)15-3/h4-7H,1-3H3,(H,13,14). The number of nitrogens with one attached hydrogen (secondary N) is 1. The number of hydrogen-bond acceptors (Lipinski definition) is 3. The predicted molar refractivity (Wildman–Crippen MR) is 62.6 cm³/mol. The van der Waals surface area contributed by atoms with Crippen molar-refractivity contribution in [2.75, 3.05) is 19.5 Å². The van der Waals surface area contributed by atoms with Gasteiger partial charge in [0.25, 0.3) is 0 Å². The van der Waals surface area contributed by atoms with Crippen molar-refractivity contribution in [1.82, 2.24) is 4.98 Å². The number of hydrogen-bond donors (Lipinski definition) is 1. The van der Waals surface area contributed by atoms with Gasteiger partial charge in [0.1, 0.15) is 17.1 Å². The van der Waals surface area contributed by atoms with Crippen molar-refractivity contribution in [3.8, 4) is 5.75 Å². The maximum absolute atomic E-state index is 5.32. The first-order chi connectivity index (χ1) is 7.24. The Balaban J connectivity index is 2.73. The second-order valence-corrected chi connectivity index (χ2v) is 3.49. The Morgan fingerprint density at radius 1 is 1.27 bits per heavy atom. The van der Waals surface area contributed by atoms with E-state index in [0.29, 0.717) is 0 Å². The van der Waals surface area contributed by atoms with Crippen molar-refractivity contribution in [2.45, 2.75) is 6.92 Å². The third-order valence-corrected chi connectivity index (χ3v) is 2.38. The van der Waals surface area contributed by atoms with Crippen LogP contribution in [-0.4, -0.2) is 19.1 Å². The lowest BCUT2D eigenvalue weighted by atomic mass is 10.1. The van der Waals surface area contributed by atoms with Crippen LogP contribution in [-0.2, 0) is 0 Å². The molecule has 2 rings (SSSR count). The minimum atomic E-state index is 0.821. The molecule has 1 heterocycles. The summed E-state index contributed by atoms with van der Waals surface area (Å²) in [5.74, 6) is 1.67. The van der Waals surface area contributed by atoms with Gasteiger partial charge in [-0.15, -0.1) is 0 Å². The molecule has 0 spiro atoms. The molecule has 0 bridgehead atoms. The molecule has 0 unspecified atom stereocenters. The van der Waals surface area contributed by atoms with Crippen LogP contribution < -0.4 is 10.1 Å². The number of pyridine rings is 1. The third kappa shape index (κ3) is 1.73. The molecule has 1 N–H and O–H groups in total. The first-order valence-corrected chi connectivity index (χ1v) is 4.87. The van der Waals surface area contributed by atoms with Gasteiger partial charge in [-0.2, -0.15) is 0 Å². The first-order valence-electron chi connectivity index (χ1n) is 4.87. The second-order valence-electron chi connectivity index (χ2n) is 3.49. The minimum Gasteiger partial charge on any atom is -0.494 e. The zero-order valence-electron chi connectivity index (χ0n) is 9.16. The maximum Gasteiger partial charge on any atom is 0.145 e. The van der Waals surface area contributed by atoms with Crippen LogP contribution in [0.15, 0.2) is 24.3 Å². The monoisotopic (exact) mass is 202 g/mol. The summed E-state index contributed by atoms with van der Waals surface area (Å²) in [6, 6.07) is 8.10. The molecule has 2 aromatic rings. The van der Waals surface area contributed by atoms with E-state index in [2.05, 4.69) is 16.4 Å². The number of nitrogens with zero attached hydrogens (tertiary/aromatic N) is 1. The van der Waals surface area contributed by atoms with E-state index in [1.54, 1.807) is 7.11 Å². The van der Waals surface area contributed by atoms with Gasteiger partial charge in [0.2, 0.25) is 0 Å². The number of methoxy groups -OCH3 is 1. The molecule has 3 nitrogen and oxygen atoms in total. The van der Waals surface area contributed by atoms with Gasteiger partial charge in [0.05, 0.1) is 7.11 Å². The number of aryl methyl sites for hydroxylation is 1. The summed E-state index contributed by atoms with van der Waals surface area (Å²) in [5, 5.41) is 4.12. The number of anilines is 1. The molecular formula is C12H14N2O. The number of rotatable bonds is 2. The van der Waals surface area contributed by atoms with Crippen LogP contribution in [0, 0.1) is 6.92 Å². The molecule has 0 atom stereocenters. The van der Waals surface area contributed by atoms with E-state index in [4.69, 9.17) is 4.74 Å². The molecule has 0 aliphatic rings. The van der Waals surface area contributed by atoms with Crippen LogP contribution in [0.3, 0.4) is 0 Å². The van der Waals surface area contributed by atoms with Gasteiger partial charge >= 0.3 is 0 Å². The van der Waals surface area contributed by atoms with Gasteiger partial charge in [-0.05, 0) is 36.8 Å². The van der Waals surface area contributed by atoms with Crippen LogP contribution >= 0.6 is 0 Å². The molecule has 78 valence electrons. The van der Waals surface area contributed by atoms with Crippen LogP contribution in [0.25, 0.3) is 10.9 Å². The van der Waals surface area contributed by atoms with Crippen molar-refractivity contribution < 1.29 is 4.74 Å². The Labute approximate surface area is 89.1 Å². The molecule has 0 aliphatic carbocycles. The fraction of sp³-hybridized carbons (Fsp3) is 0.250. The zero-order valence-corrected chi connectivity index (χ0v) is 9.16. The van der Waals surface area contributed by atoms with E-state index < -0.39 is 0 Å². The highest BCUT2D eigenvalue weighted by atomic mass is 16.5. The topological polar surface area (TPSA) is 34.1 Å². The van der Waals surface area contributed by atoms with E-state index in [-0.39, 0.29) is 0 Å². The molecule has 1 aromatic carbocycles. The quantitative estimate of drug-likeness (QED) is 0.812. The smallest absolute Gasteiger partial charge is 0.145 e. The molecule has 0 radical (unpaired) electrons. The van der Waals surface area contributed by atoms with Crippen LogP contribution in [0.1, 0.15) is 5.56 Å². The average Bonchev–Trinajstić information content (AvgIpc) is 2.27. The van der Waals surface area contributed by atoms with E-state index >= 15 is 0 Å². The molecule has 15 heavy (non-hydrogen) atoms. The summed E-state index contributed by atoms with van der Waals surface area (Å²) in [7, 11) is 3.52. The van der Waals surface area contributed by atoms with Crippen LogP contribution in [0.2, 0.25) is 0 Å². The average molecular weight is 202 g/mol. The number of ether oxygens (including phenoxy) is 1. The maximum atomic E-state index is 5.32. The van der Waals surface area contributed by atoms with E-state index in [9.17, 15) is 0 Å². The highest BCUT2D eigenvalue weighted by Crippen LogP contribution is 2.26. The minimum absolute atomic E-state index is 0.821. The van der Waals surface area contributed by atoms with Gasteiger partial charge in [0, 0.05) is 12.4 Å². The Kier molecular flexibility index (Phi) is 2.46. The third-order valence-electron chi connectivity index (χ3n) is 2.38. The molecular weight excluding hydrogens is 188 g/mol. The van der Waals surface area contributed by atoms with Crippen LogP contribution in [0.4, 0.5) is 5.82 Å². The molecule has 0 aliphatic heterocycles. The Morgan fingerprint density at radius 3 is 2.73 bits per heavy atom. The van der Waals surface area contributed by atoms with Crippen molar-refractivity contribution >= 4 is 16.7 Å². The fourth-order valence-electron chi connectivity index (χ4n) is 1.64. The first kappa shape index (κ1) is 9.77. The Hall–Kier alpha value is -1.77. The van der Waals surface area contributed by atoms with Gasteiger partial charge < -0.3 is 10.1 Å². The summed E-state index contributed by atoms with van der Waals surface area (Å²) in [6.07, 6.45) is 0. The zero-order chi connectivity index (χ0) is 10.8. The lowest BCUT2D eigenvalue weighted by Gasteiger charge is -2.07. The normalized spacial score (nSPS) is 10.3. The molecule has 0 saturated heterocycles. The van der Waals surface area contributed by atoms with Crippen molar-refractivity contribution in [2.24, 2.45) is 0 Å². The van der Waals surface area contributed by atoms with E-state index in [0.717, 1.165) is 22.5 Å². The van der Waals surface area contributed by atoms with E-state index in [1.165, 1.54) is 5.56 Å². The van der Waals surface area contributed by atoms with Crippen molar-refractivity contribution in [1.29, 1.82) is 0 Å². The second kappa shape index (κ2) is 3.77. The van der Waals surface area contributed by atoms with Crippen molar-refractivity contribution in [3.05, 3.63) is 29.8 Å². The summed E-state index contributed by atoms with van der Waals surface area (Å²) in [6.45, 7) is 2.05. The van der Waals surface area contributed by atoms with E-state index in [1.807, 2.05) is 32.2 Å². The molecule has 0 saturated carbocycles. The van der Waals surface area contributed by atoms with Gasteiger partial charge in [0.15, 0.2) is 0 Å². The van der Waals surface area contributed by atoms with Gasteiger partial charge in [-0.3, -0.25) is 0 Å². The van der Waals surface area contributed by atoms with Gasteiger partial charge in [-0.1, -0.05) is 0 Å². The number of aromatic nitrogens is 1. The summed E-state index contributed by atoms with van der Waals surface area (Å²) >= 11 is 0. The fourth-order valence-corrected chi connectivity index (χ4v) is 1.64. The summed E-state index contributed by atoms with van der Waals surface area (Å²) in [4.78, 5) is 4.47. The largest absolute Gasteiger partial charge is 0.494 e. The van der Waals surface area contributed by atoms with Crippen LogP contribution in [0.5, 0.6) is 5.75 Å².